The topological polar surface area (TPSA) is 71.1 Å². The van der Waals surface area contributed by atoms with Gasteiger partial charge in [0, 0.05) is 5.41 Å². The summed E-state index contributed by atoms with van der Waals surface area (Å²) in [4.78, 5) is 0. The van der Waals surface area contributed by atoms with Crippen LogP contribution >= 0.6 is 15.2 Å². The summed E-state index contributed by atoms with van der Waals surface area (Å²) in [7, 11) is -5.93. The van der Waals surface area contributed by atoms with Crippen LogP contribution in [0.25, 0.3) is 11.1 Å². The van der Waals surface area contributed by atoms with Gasteiger partial charge in [-0.2, -0.15) is 0 Å². The van der Waals surface area contributed by atoms with Crippen LogP contribution in [0.15, 0.2) is 48.5 Å². The van der Waals surface area contributed by atoms with Crippen molar-refractivity contribution >= 4 is 15.2 Å². The summed E-state index contributed by atoms with van der Waals surface area (Å²) in [6, 6.07) is 17.9. The molecule has 0 atom stereocenters. The molecule has 1 aliphatic rings. The lowest BCUT2D eigenvalue weighted by molar-refractivity contribution is 0.218. The van der Waals surface area contributed by atoms with Crippen molar-refractivity contribution < 1.29 is 27.2 Å². The van der Waals surface area contributed by atoms with Crippen molar-refractivity contribution in [3.8, 4) is 11.1 Å². The summed E-state index contributed by atoms with van der Waals surface area (Å²) in [6.45, 7) is 9.11. The second-order valence-corrected chi connectivity index (χ2v) is 15.2. The average molecular weight is 607 g/mol. The maximum atomic E-state index is 12.8. The lowest BCUT2D eigenvalue weighted by atomic mass is 9.70. The Bertz CT molecular complexity index is 1040. The van der Waals surface area contributed by atoms with Gasteiger partial charge in [0.25, 0.3) is 0 Å². The summed E-state index contributed by atoms with van der Waals surface area (Å²) < 4.78 is 47.5. The smallest absolute Gasteiger partial charge is 0.309 e. The fourth-order valence-corrected chi connectivity index (χ4v) is 9.83. The Labute approximate surface area is 249 Å². The SMILES string of the molecule is CCOP(=O)(CCCCCCC1(CCCCCCP(=O)(OCC)OCC)c2ccccc2-c2ccccc21)OCC. The van der Waals surface area contributed by atoms with Gasteiger partial charge >= 0.3 is 15.2 Å². The zero-order chi connectivity index (χ0) is 29.6. The summed E-state index contributed by atoms with van der Waals surface area (Å²) in [6.07, 6.45) is 11.3. The molecule has 1 aliphatic carbocycles. The maximum absolute atomic E-state index is 12.8. The van der Waals surface area contributed by atoms with Crippen molar-refractivity contribution in [1.82, 2.24) is 0 Å². The van der Waals surface area contributed by atoms with Crippen molar-refractivity contribution in [1.29, 1.82) is 0 Å². The molecule has 2 aromatic carbocycles. The van der Waals surface area contributed by atoms with Crippen molar-refractivity contribution in [3.63, 3.8) is 0 Å². The molecule has 0 aromatic heterocycles. The van der Waals surface area contributed by atoms with Gasteiger partial charge in [-0.15, -0.1) is 0 Å². The fraction of sp³-hybridized carbons (Fsp3) is 0.636. The first-order chi connectivity index (χ1) is 19.9. The molecule has 6 nitrogen and oxygen atoms in total. The van der Waals surface area contributed by atoms with Gasteiger partial charge in [-0.1, -0.05) is 87.1 Å². The average Bonchev–Trinajstić information content (AvgIpc) is 3.23. The van der Waals surface area contributed by atoms with Crippen LogP contribution in [0.4, 0.5) is 0 Å². The number of benzene rings is 2. The molecule has 0 spiro atoms. The van der Waals surface area contributed by atoms with E-state index >= 15 is 0 Å². The van der Waals surface area contributed by atoms with Crippen LogP contribution in [-0.2, 0) is 32.6 Å². The molecule has 230 valence electrons. The number of fused-ring (bicyclic) bond motifs is 3. The molecule has 0 unspecified atom stereocenters. The minimum atomic E-state index is -2.97. The highest BCUT2D eigenvalue weighted by atomic mass is 31.2. The van der Waals surface area contributed by atoms with Crippen LogP contribution in [0.2, 0.25) is 0 Å². The minimum absolute atomic E-state index is 0.00502. The molecule has 0 amide bonds. The molecule has 0 saturated heterocycles. The summed E-state index contributed by atoms with van der Waals surface area (Å²) >= 11 is 0. The molecule has 0 heterocycles. The Morgan fingerprint density at radius 3 is 1.22 bits per heavy atom. The Kier molecular flexibility index (Phi) is 14.3. The third-order valence-corrected chi connectivity index (χ3v) is 12.4. The minimum Gasteiger partial charge on any atom is -0.309 e. The molecule has 3 rings (SSSR count). The Balaban J connectivity index is 1.62. The largest absolute Gasteiger partial charge is 0.330 e. The van der Waals surface area contributed by atoms with Crippen molar-refractivity contribution in [2.45, 2.75) is 97.3 Å². The third kappa shape index (κ3) is 9.36. The van der Waals surface area contributed by atoms with Gasteiger partial charge in [-0.3, -0.25) is 9.13 Å². The Morgan fingerprint density at radius 2 is 0.854 bits per heavy atom. The van der Waals surface area contributed by atoms with E-state index < -0.39 is 15.2 Å². The molecule has 0 saturated carbocycles. The molecule has 41 heavy (non-hydrogen) atoms. The first-order valence-corrected chi connectivity index (χ1v) is 19.3. The molecular weight excluding hydrogens is 554 g/mol. The first-order valence-electron chi connectivity index (χ1n) is 15.8. The van der Waals surface area contributed by atoms with E-state index in [9.17, 15) is 9.13 Å². The first kappa shape index (κ1) is 34.2. The zero-order valence-corrected chi connectivity index (χ0v) is 27.6. The molecule has 2 aromatic rings. The monoisotopic (exact) mass is 606 g/mol. The van der Waals surface area contributed by atoms with E-state index in [1.807, 2.05) is 27.7 Å². The molecule has 0 aliphatic heterocycles. The number of rotatable bonds is 22. The number of unbranched alkanes of at least 4 members (excludes halogenated alkanes) is 6. The van der Waals surface area contributed by atoms with Gasteiger partial charge in [-0.25, -0.2) is 0 Å². The van der Waals surface area contributed by atoms with Crippen LogP contribution in [-0.4, -0.2) is 38.8 Å². The third-order valence-electron chi connectivity index (χ3n) is 8.05. The van der Waals surface area contributed by atoms with Crippen LogP contribution in [0.3, 0.4) is 0 Å². The lowest BCUT2D eigenvalue weighted by Gasteiger charge is -2.33. The highest BCUT2D eigenvalue weighted by Gasteiger charge is 2.41. The van der Waals surface area contributed by atoms with Crippen molar-refractivity contribution in [2.75, 3.05) is 38.8 Å². The highest BCUT2D eigenvalue weighted by Crippen LogP contribution is 2.54. The molecule has 0 fully saturated rings. The summed E-state index contributed by atoms with van der Waals surface area (Å²) in [5.41, 5.74) is 5.65. The summed E-state index contributed by atoms with van der Waals surface area (Å²) in [5.74, 6) is 0. The zero-order valence-electron chi connectivity index (χ0n) is 25.8. The van der Waals surface area contributed by atoms with Gasteiger partial charge in [0.15, 0.2) is 0 Å². The lowest BCUT2D eigenvalue weighted by Crippen LogP contribution is -2.25. The van der Waals surface area contributed by atoms with Crippen molar-refractivity contribution in [2.24, 2.45) is 0 Å². The number of hydrogen-bond acceptors (Lipinski definition) is 6. The molecule has 0 bridgehead atoms. The standard InChI is InChI=1S/C33H52O6P2/c1-5-36-40(34,37-6-2)27-19-11-9-17-25-33(26-18-10-12-20-28-41(35,38-7-3)39-8-4)31-23-15-13-21-29(31)30-22-14-16-24-32(30)33/h13-16,21-24H,5-12,17-20,25-28H2,1-4H3. The molecular formula is C33H52O6P2. The normalized spacial score (nSPS) is 14.2. The van der Waals surface area contributed by atoms with Crippen LogP contribution < -0.4 is 0 Å². The van der Waals surface area contributed by atoms with E-state index in [1.54, 1.807) is 0 Å². The predicted octanol–water partition coefficient (Wildman–Crippen LogP) is 10.4. The molecule has 0 N–H and O–H groups in total. The second-order valence-electron chi connectivity index (χ2n) is 10.8. The van der Waals surface area contributed by atoms with E-state index in [2.05, 4.69) is 48.5 Å². The van der Waals surface area contributed by atoms with Gasteiger partial charge < -0.3 is 18.1 Å². The molecule has 0 radical (unpaired) electrons. The van der Waals surface area contributed by atoms with Gasteiger partial charge in [0.05, 0.1) is 38.8 Å². The van der Waals surface area contributed by atoms with Crippen LogP contribution in [0.5, 0.6) is 0 Å². The Hall–Kier alpha value is -1.26. The van der Waals surface area contributed by atoms with Crippen LogP contribution in [0, 0.1) is 0 Å². The van der Waals surface area contributed by atoms with Crippen molar-refractivity contribution in [3.05, 3.63) is 59.7 Å². The van der Waals surface area contributed by atoms with Crippen LogP contribution in [0.1, 0.15) is 103 Å². The second kappa shape index (κ2) is 17.1. The molecule has 8 heteroatoms. The summed E-state index contributed by atoms with van der Waals surface area (Å²) in [5, 5.41) is 0. The maximum Gasteiger partial charge on any atom is 0.330 e. The highest BCUT2D eigenvalue weighted by molar-refractivity contribution is 7.54. The van der Waals surface area contributed by atoms with Gasteiger partial charge in [-0.05, 0) is 75.6 Å². The van der Waals surface area contributed by atoms with E-state index in [0.29, 0.717) is 38.8 Å². The van der Waals surface area contributed by atoms with E-state index in [0.717, 1.165) is 64.2 Å². The Morgan fingerprint density at radius 1 is 0.512 bits per heavy atom. The predicted molar refractivity (Wildman–Crippen MR) is 170 cm³/mol. The van der Waals surface area contributed by atoms with Gasteiger partial charge in [0.1, 0.15) is 0 Å². The fourth-order valence-electron chi connectivity index (χ4n) is 6.37. The van der Waals surface area contributed by atoms with E-state index in [4.69, 9.17) is 18.1 Å². The van der Waals surface area contributed by atoms with Gasteiger partial charge in [0.2, 0.25) is 0 Å². The van der Waals surface area contributed by atoms with E-state index in [1.165, 1.54) is 22.3 Å². The van der Waals surface area contributed by atoms with E-state index in [-0.39, 0.29) is 5.41 Å². The number of hydrogen-bond donors (Lipinski definition) is 0. The quantitative estimate of drug-likeness (QED) is 0.0981.